The Kier molecular flexibility index (Phi) is 5.26. The highest BCUT2D eigenvalue weighted by atomic mass is 32.2. The standard InChI is InChI=1S/C15H23N3O4S/c1-4-17(23(3,21)22)13-7-9-16(10-8-13)14-5-6-15(18(19)20)12(2)11-14/h5-6,11,13H,4,7-10H2,1-3H3. The molecule has 0 atom stereocenters. The summed E-state index contributed by atoms with van der Waals surface area (Å²) in [5.74, 6) is 0. The predicted molar refractivity (Wildman–Crippen MR) is 90.3 cm³/mol. The van der Waals surface area contributed by atoms with Crippen LogP contribution < -0.4 is 4.90 Å². The summed E-state index contributed by atoms with van der Waals surface area (Å²) in [5, 5.41) is 10.9. The average molecular weight is 341 g/mol. The number of hydrogen-bond donors (Lipinski definition) is 0. The number of sulfonamides is 1. The van der Waals surface area contributed by atoms with Crippen LogP contribution in [0.4, 0.5) is 11.4 Å². The number of nitro benzene ring substituents is 1. The lowest BCUT2D eigenvalue weighted by Gasteiger charge is -2.38. The molecule has 1 aromatic carbocycles. The van der Waals surface area contributed by atoms with Gasteiger partial charge >= 0.3 is 0 Å². The first-order valence-corrected chi connectivity index (χ1v) is 9.55. The van der Waals surface area contributed by atoms with Crippen molar-refractivity contribution >= 4 is 21.4 Å². The van der Waals surface area contributed by atoms with E-state index in [4.69, 9.17) is 0 Å². The Hall–Kier alpha value is -1.67. The minimum absolute atomic E-state index is 0.0328. The Morgan fingerprint density at radius 1 is 1.35 bits per heavy atom. The molecule has 0 aliphatic carbocycles. The molecule has 1 fully saturated rings. The quantitative estimate of drug-likeness (QED) is 0.605. The maximum Gasteiger partial charge on any atom is 0.272 e. The van der Waals surface area contributed by atoms with Crippen LogP contribution in [0.3, 0.4) is 0 Å². The fourth-order valence-corrected chi connectivity index (χ4v) is 4.44. The van der Waals surface area contributed by atoms with Crippen LogP contribution in [0.1, 0.15) is 25.3 Å². The lowest BCUT2D eigenvalue weighted by Crippen LogP contribution is -2.47. The summed E-state index contributed by atoms with van der Waals surface area (Å²) in [5.41, 5.74) is 1.72. The zero-order valence-electron chi connectivity index (χ0n) is 13.7. The molecule has 7 nitrogen and oxygen atoms in total. The second-order valence-electron chi connectivity index (χ2n) is 5.91. The normalized spacial score (nSPS) is 16.8. The maximum absolute atomic E-state index is 11.8. The minimum Gasteiger partial charge on any atom is -0.371 e. The third kappa shape index (κ3) is 4.00. The molecule has 1 aromatic rings. The second kappa shape index (κ2) is 6.84. The van der Waals surface area contributed by atoms with Gasteiger partial charge in [-0.3, -0.25) is 10.1 Å². The number of rotatable bonds is 5. The molecule has 0 saturated carbocycles. The number of nitrogens with zero attached hydrogens (tertiary/aromatic N) is 3. The summed E-state index contributed by atoms with van der Waals surface area (Å²) in [7, 11) is -3.18. The molecule has 128 valence electrons. The lowest BCUT2D eigenvalue weighted by atomic mass is 10.0. The second-order valence-corrected chi connectivity index (χ2v) is 7.85. The van der Waals surface area contributed by atoms with E-state index in [9.17, 15) is 18.5 Å². The van der Waals surface area contributed by atoms with Crippen molar-refractivity contribution in [2.75, 3.05) is 30.8 Å². The van der Waals surface area contributed by atoms with Crippen molar-refractivity contribution in [3.05, 3.63) is 33.9 Å². The molecular formula is C15H23N3O4S. The molecule has 1 aliphatic heterocycles. The van der Waals surface area contributed by atoms with E-state index in [0.717, 1.165) is 31.6 Å². The van der Waals surface area contributed by atoms with Gasteiger partial charge < -0.3 is 4.90 Å². The molecule has 0 unspecified atom stereocenters. The third-order valence-corrected chi connectivity index (χ3v) is 5.76. The monoisotopic (exact) mass is 341 g/mol. The van der Waals surface area contributed by atoms with Gasteiger partial charge in [-0.05, 0) is 31.9 Å². The number of aryl methyl sites for hydroxylation is 1. The third-order valence-electron chi connectivity index (χ3n) is 4.35. The van der Waals surface area contributed by atoms with Gasteiger partial charge in [-0.25, -0.2) is 8.42 Å². The minimum atomic E-state index is -3.18. The molecule has 8 heteroatoms. The van der Waals surface area contributed by atoms with E-state index in [1.54, 1.807) is 17.3 Å². The maximum atomic E-state index is 11.8. The zero-order chi connectivity index (χ0) is 17.2. The molecule has 0 N–H and O–H groups in total. The highest BCUT2D eigenvalue weighted by molar-refractivity contribution is 7.88. The van der Waals surface area contributed by atoms with Gasteiger partial charge in [0.15, 0.2) is 0 Å². The number of benzene rings is 1. The van der Waals surface area contributed by atoms with E-state index in [2.05, 4.69) is 4.90 Å². The van der Waals surface area contributed by atoms with Crippen LogP contribution in [0.5, 0.6) is 0 Å². The topological polar surface area (TPSA) is 83.8 Å². The van der Waals surface area contributed by atoms with Crippen molar-refractivity contribution in [2.45, 2.75) is 32.7 Å². The number of nitro groups is 1. The van der Waals surface area contributed by atoms with Gasteiger partial charge in [-0.1, -0.05) is 6.92 Å². The summed E-state index contributed by atoms with van der Waals surface area (Å²) in [4.78, 5) is 12.7. The fraction of sp³-hybridized carbons (Fsp3) is 0.600. The Morgan fingerprint density at radius 2 is 1.96 bits per heavy atom. The first-order chi connectivity index (χ1) is 10.7. The number of piperidine rings is 1. The molecule has 0 spiro atoms. The molecule has 0 aromatic heterocycles. The Bertz CT molecular complexity index is 682. The summed E-state index contributed by atoms with van der Waals surface area (Å²) < 4.78 is 25.2. The van der Waals surface area contributed by atoms with Gasteiger partial charge in [-0.15, -0.1) is 0 Å². The molecule has 0 amide bonds. The molecule has 1 saturated heterocycles. The Labute approximate surface area is 137 Å². The van der Waals surface area contributed by atoms with Gasteiger partial charge in [-0.2, -0.15) is 4.31 Å². The van der Waals surface area contributed by atoms with E-state index in [1.807, 2.05) is 13.0 Å². The highest BCUT2D eigenvalue weighted by Gasteiger charge is 2.29. The van der Waals surface area contributed by atoms with E-state index in [0.29, 0.717) is 12.1 Å². The van der Waals surface area contributed by atoms with E-state index in [-0.39, 0.29) is 16.7 Å². The molecule has 0 bridgehead atoms. The van der Waals surface area contributed by atoms with Crippen molar-refractivity contribution in [2.24, 2.45) is 0 Å². The first-order valence-electron chi connectivity index (χ1n) is 7.71. The van der Waals surface area contributed by atoms with Crippen LogP contribution in [0.15, 0.2) is 18.2 Å². The largest absolute Gasteiger partial charge is 0.371 e. The zero-order valence-corrected chi connectivity index (χ0v) is 14.5. The van der Waals surface area contributed by atoms with Crippen molar-refractivity contribution in [1.82, 2.24) is 4.31 Å². The van der Waals surface area contributed by atoms with E-state index >= 15 is 0 Å². The van der Waals surface area contributed by atoms with Crippen molar-refractivity contribution in [3.8, 4) is 0 Å². The number of hydrogen-bond acceptors (Lipinski definition) is 5. The lowest BCUT2D eigenvalue weighted by molar-refractivity contribution is -0.385. The highest BCUT2D eigenvalue weighted by Crippen LogP contribution is 2.28. The van der Waals surface area contributed by atoms with Gasteiger partial charge in [0.25, 0.3) is 5.69 Å². The summed E-state index contributed by atoms with van der Waals surface area (Å²) in [6.45, 7) is 5.56. The van der Waals surface area contributed by atoms with Gasteiger partial charge in [0.1, 0.15) is 0 Å². The predicted octanol–water partition coefficient (Wildman–Crippen LogP) is 2.15. The number of anilines is 1. The van der Waals surface area contributed by atoms with E-state index < -0.39 is 10.0 Å². The summed E-state index contributed by atoms with van der Waals surface area (Å²) in [6, 6.07) is 5.16. The van der Waals surface area contributed by atoms with Gasteiger partial charge in [0, 0.05) is 43.0 Å². The molecule has 1 aliphatic rings. The smallest absolute Gasteiger partial charge is 0.272 e. The summed E-state index contributed by atoms with van der Waals surface area (Å²) >= 11 is 0. The van der Waals surface area contributed by atoms with Crippen LogP contribution >= 0.6 is 0 Å². The van der Waals surface area contributed by atoms with Crippen LogP contribution in [-0.4, -0.2) is 49.6 Å². The van der Waals surface area contributed by atoms with Crippen LogP contribution in [0.2, 0.25) is 0 Å². The fourth-order valence-electron chi connectivity index (χ4n) is 3.22. The molecule has 2 rings (SSSR count). The van der Waals surface area contributed by atoms with Crippen molar-refractivity contribution in [3.63, 3.8) is 0 Å². The first kappa shape index (κ1) is 17.7. The average Bonchev–Trinajstić information content (AvgIpc) is 2.46. The Morgan fingerprint density at radius 3 is 2.39 bits per heavy atom. The summed E-state index contributed by atoms with van der Waals surface area (Å²) in [6.07, 6.45) is 2.77. The van der Waals surface area contributed by atoms with Crippen LogP contribution in [0, 0.1) is 17.0 Å². The molecule has 1 heterocycles. The molecule has 0 radical (unpaired) electrons. The van der Waals surface area contributed by atoms with Crippen molar-refractivity contribution < 1.29 is 13.3 Å². The van der Waals surface area contributed by atoms with Crippen molar-refractivity contribution in [1.29, 1.82) is 0 Å². The van der Waals surface area contributed by atoms with E-state index in [1.165, 1.54) is 12.3 Å². The van der Waals surface area contributed by atoms with Crippen LogP contribution in [0.25, 0.3) is 0 Å². The molecular weight excluding hydrogens is 318 g/mol. The van der Waals surface area contributed by atoms with Crippen LogP contribution in [-0.2, 0) is 10.0 Å². The van der Waals surface area contributed by atoms with Gasteiger partial charge in [0.05, 0.1) is 11.2 Å². The van der Waals surface area contributed by atoms with Gasteiger partial charge in [0.2, 0.25) is 10.0 Å². The SMILES string of the molecule is CCN(C1CCN(c2ccc([N+](=O)[O-])c(C)c2)CC1)S(C)(=O)=O. The Balaban J connectivity index is 2.07. The molecule has 23 heavy (non-hydrogen) atoms.